The van der Waals surface area contributed by atoms with Crippen molar-refractivity contribution in [2.75, 3.05) is 0 Å². The Bertz CT molecular complexity index is 370. The maximum absolute atomic E-state index is 4.57. The number of fused-ring (bicyclic) bond motifs is 1. The topological polar surface area (TPSA) is 12.9 Å². The normalized spacial score (nSPS) is 11.3. The molecule has 1 nitrogen and oxygen atoms in total. The third kappa shape index (κ3) is 1.89. The molecule has 0 aliphatic heterocycles. The van der Waals surface area contributed by atoms with Gasteiger partial charge in [0.05, 0.1) is 15.2 Å². The molecule has 1 aromatic carbocycles. The molecule has 0 unspecified atom stereocenters. The summed E-state index contributed by atoms with van der Waals surface area (Å²) in [4.78, 5) is 4.57. The molecule has 0 atom stereocenters. The predicted octanol–water partition coefficient (Wildman–Crippen LogP) is 3.49. The monoisotopic (exact) mass is 191 g/mol. The van der Waals surface area contributed by atoms with Gasteiger partial charge in [0.1, 0.15) is 0 Å². The number of benzene rings is 1. The SMILES string of the molecule is CC(C)Cc1nc2ccccc2s1. The summed E-state index contributed by atoms with van der Waals surface area (Å²) in [7, 11) is 0. The van der Waals surface area contributed by atoms with Crippen LogP contribution in [0.4, 0.5) is 0 Å². The zero-order chi connectivity index (χ0) is 9.26. The fraction of sp³-hybridized carbons (Fsp3) is 0.364. The lowest BCUT2D eigenvalue weighted by Crippen LogP contribution is -1.91. The molecule has 68 valence electrons. The number of hydrogen-bond donors (Lipinski definition) is 0. The molecule has 0 spiro atoms. The first-order valence-corrected chi connectivity index (χ1v) is 5.42. The average molecular weight is 191 g/mol. The standard InChI is InChI=1S/C11H13NS/c1-8(2)7-11-12-9-5-3-4-6-10(9)13-11/h3-6,8H,7H2,1-2H3. The molecular formula is C11H13NS. The summed E-state index contributed by atoms with van der Waals surface area (Å²) in [5, 5.41) is 1.26. The minimum absolute atomic E-state index is 0.695. The highest BCUT2D eigenvalue weighted by molar-refractivity contribution is 7.18. The quantitative estimate of drug-likeness (QED) is 0.708. The zero-order valence-corrected chi connectivity index (χ0v) is 8.77. The van der Waals surface area contributed by atoms with E-state index in [1.54, 1.807) is 0 Å². The van der Waals surface area contributed by atoms with E-state index in [-0.39, 0.29) is 0 Å². The number of hydrogen-bond acceptors (Lipinski definition) is 2. The summed E-state index contributed by atoms with van der Waals surface area (Å²) in [6.45, 7) is 4.46. The van der Waals surface area contributed by atoms with Gasteiger partial charge in [0, 0.05) is 6.42 Å². The fourth-order valence-corrected chi connectivity index (χ4v) is 2.54. The molecule has 0 fully saturated rings. The van der Waals surface area contributed by atoms with Crippen molar-refractivity contribution in [3.63, 3.8) is 0 Å². The van der Waals surface area contributed by atoms with Crippen LogP contribution in [0.1, 0.15) is 18.9 Å². The Morgan fingerprint density at radius 2 is 2.08 bits per heavy atom. The van der Waals surface area contributed by atoms with Crippen LogP contribution in [-0.4, -0.2) is 4.98 Å². The first kappa shape index (κ1) is 8.70. The van der Waals surface area contributed by atoms with E-state index < -0.39 is 0 Å². The van der Waals surface area contributed by atoms with Crippen LogP contribution < -0.4 is 0 Å². The number of para-hydroxylation sites is 1. The first-order chi connectivity index (χ1) is 6.25. The Labute approximate surface area is 82.4 Å². The molecule has 0 saturated carbocycles. The summed E-state index contributed by atoms with van der Waals surface area (Å²) in [6.07, 6.45) is 1.10. The lowest BCUT2D eigenvalue weighted by molar-refractivity contribution is 0.645. The lowest BCUT2D eigenvalue weighted by atomic mass is 10.1. The van der Waals surface area contributed by atoms with Crippen LogP contribution in [-0.2, 0) is 6.42 Å². The highest BCUT2D eigenvalue weighted by atomic mass is 32.1. The van der Waals surface area contributed by atoms with Crippen molar-refractivity contribution in [1.29, 1.82) is 0 Å². The second kappa shape index (κ2) is 3.46. The Balaban J connectivity index is 2.38. The summed E-state index contributed by atoms with van der Waals surface area (Å²) < 4.78 is 1.30. The van der Waals surface area contributed by atoms with Crippen LogP contribution in [0.5, 0.6) is 0 Å². The Kier molecular flexibility index (Phi) is 2.32. The predicted molar refractivity (Wildman–Crippen MR) is 58.2 cm³/mol. The van der Waals surface area contributed by atoms with E-state index in [1.165, 1.54) is 9.71 Å². The van der Waals surface area contributed by atoms with E-state index in [1.807, 2.05) is 17.4 Å². The molecule has 0 N–H and O–H groups in total. The van der Waals surface area contributed by atoms with E-state index in [0.29, 0.717) is 5.92 Å². The van der Waals surface area contributed by atoms with Gasteiger partial charge in [-0.3, -0.25) is 0 Å². The molecule has 0 aliphatic carbocycles. The third-order valence-corrected chi connectivity index (χ3v) is 2.98. The maximum atomic E-state index is 4.57. The number of aromatic nitrogens is 1. The van der Waals surface area contributed by atoms with Crippen molar-refractivity contribution in [1.82, 2.24) is 4.98 Å². The average Bonchev–Trinajstić information content (AvgIpc) is 2.44. The largest absolute Gasteiger partial charge is 0.241 e. The van der Waals surface area contributed by atoms with Crippen molar-refractivity contribution in [2.24, 2.45) is 5.92 Å². The van der Waals surface area contributed by atoms with Gasteiger partial charge >= 0.3 is 0 Å². The van der Waals surface area contributed by atoms with Crippen molar-refractivity contribution < 1.29 is 0 Å². The molecule has 0 saturated heterocycles. The highest BCUT2D eigenvalue weighted by Gasteiger charge is 2.04. The highest BCUT2D eigenvalue weighted by Crippen LogP contribution is 2.23. The van der Waals surface area contributed by atoms with Gasteiger partial charge in [0.2, 0.25) is 0 Å². The van der Waals surface area contributed by atoms with E-state index in [4.69, 9.17) is 0 Å². The second-order valence-corrected chi connectivity index (χ2v) is 4.79. The molecule has 13 heavy (non-hydrogen) atoms. The minimum atomic E-state index is 0.695. The molecule has 2 aromatic rings. The van der Waals surface area contributed by atoms with Crippen LogP contribution in [0.2, 0.25) is 0 Å². The number of rotatable bonds is 2. The summed E-state index contributed by atoms with van der Waals surface area (Å²) >= 11 is 1.81. The number of nitrogens with zero attached hydrogens (tertiary/aromatic N) is 1. The van der Waals surface area contributed by atoms with Crippen LogP contribution >= 0.6 is 11.3 Å². The van der Waals surface area contributed by atoms with Crippen molar-refractivity contribution in [3.05, 3.63) is 29.3 Å². The zero-order valence-electron chi connectivity index (χ0n) is 7.95. The van der Waals surface area contributed by atoms with Gasteiger partial charge in [-0.25, -0.2) is 4.98 Å². The molecule has 0 aliphatic rings. The first-order valence-electron chi connectivity index (χ1n) is 4.60. The van der Waals surface area contributed by atoms with E-state index >= 15 is 0 Å². The molecule has 1 heterocycles. The second-order valence-electron chi connectivity index (χ2n) is 3.67. The van der Waals surface area contributed by atoms with Crippen LogP contribution in [0.25, 0.3) is 10.2 Å². The fourth-order valence-electron chi connectivity index (χ4n) is 1.36. The van der Waals surface area contributed by atoms with Gasteiger partial charge in [-0.1, -0.05) is 26.0 Å². The van der Waals surface area contributed by atoms with Gasteiger partial charge in [-0.05, 0) is 18.1 Å². The Morgan fingerprint density at radius 1 is 1.31 bits per heavy atom. The van der Waals surface area contributed by atoms with Crippen LogP contribution in [0.3, 0.4) is 0 Å². The van der Waals surface area contributed by atoms with Gasteiger partial charge in [-0.15, -0.1) is 11.3 Å². The van der Waals surface area contributed by atoms with Gasteiger partial charge in [0.15, 0.2) is 0 Å². The minimum Gasteiger partial charge on any atom is -0.241 e. The molecular weight excluding hydrogens is 178 g/mol. The summed E-state index contributed by atoms with van der Waals surface area (Å²) in [5.41, 5.74) is 1.14. The lowest BCUT2D eigenvalue weighted by Gasteiger charge is -1.97. The molecule has 0 radical (unpaired) electrons. The van der Waals surface area contributed by atoms with E-state index in [9.17, 15) is 0 Å². The van der Waals surface area contributed by atoms with Gasteiger partial charge < -0.3 is 0 Å². The van der Waals surface area contributed by atoms with E-state index in [0.717, 1.165) is 11.9 Å². The summed E-state index contributed by atoms with van der Waals surface area (Å²) in [5.74, 6) is 0.695. The van der Waals surface area contributed by atoms with Crippen molar-refractivity contribution in [2.45, 2.75) is 20.3 Å². The molecule has 2 heteroatoms. The third-order valence-electron chi connectivity index (χ3n) is 1.92. The molecule has 0 bridgehead atoms. The van der Waals surface area contributed by atoms with Crippen LogP contribution in [0.15, 0.2) is 24.3 Å². The molecule has 0 amide bonds. The van der Waals surface area contributed by atoms with Gasteiger partial charge in [-0.2, -0.15) is 0 Å². The smallest absolute Gasteiger partial charge is 0.0941 e. The Morgan fingerprint density at radius 3 is 2.77 bits per heavy atom. The van der Waals surface area contributed by atoms with E-state index in [2.05, 4.69) is 37.0 Å². The summed E-state index contributed by atoms with van der Waals surface area (Å²) in [6, 6.07) is 8.33. The van der Waals surface area contributed by atoms with Crippen molar-refractivity contribution >= 4 is 21.6 Å². The van der Waals surface area contributed by atoms with Gasteiger partial charge in [0.25, 0.3) is 0 Å². The maximum Gasteiger partial charge on any atom is 0.0941 e. The Hall–Kier alpha value is -0.890. The number of thiazole rings is 1. The molecule has 2 rings (SSSR count). The molecule has 1 aromatic heterocycles. The van der Waals surface area contributed by atoms with Crippen LogP contribution in [0, 0.1) is 5.92 Å². The van der Waals surface area contributed by atoms with Crippen molar-refractivity contribution in [3.8, 4) is 0 Å².